The highest BCUT2D eigenvalue weighted by atomic mass is 32.2. The summed E-state index contributed by atoms with van der Waals surface area (Å²) in [5.74, 6) is 0.489. The van der Waals surface area contributed by atoms with Gasteiger partial charge in [0.25, 0.3) is 5.91 Å². The molecular weight excluding hydrogens is 336 g/mol. The van der Waals surface area contributed by atoms with E-state index in [4.69, 9.17) is 4.74 Å². The fourth-order valence-electron chi connectivity index (χ4n) is 3.15. The number of benzene rings is 1. The number of aryl methyl sites for hydroxylation is 1. The lowest BCUT2D eigenvalue weighted by molar-refractivity contribution is 0.0525. The zero-order chi connectivity index (χ0) is 18.0. The Balaban J connectivity index is 1.99. The van der Waals surface area contributed by atoms with Gasteiger partial charge in [0.2, 0.25) is 0 Å². The van der Waals surface area contributed by atoms with E-state index in [0.717, 1.165) is 22.8 Å². The SMILES string of the molecule is CCOC(=O)c1c(C)[nH]c(C(=O)N2CCCSc3ccccc32)c1C. The normalized spacial score (nSPS) is 14.0. The van der Waals surface area contributed by atoms with E-state index < -0.39 is 0 Å². The second-order valence-corrected chi connectivity index (χ2v) is 7.11. The van der Waals surface area contributed by atoms with Crippen LogP contribution in [0.2, 0.25) is 0 Å². The van der Waals surface area contributed by atoms with Crippen LogP contribution in [-0.4, -0.2) is 35.8 Å². The van der Waals surface area contributed by atoms with Crippen molar-refractivity contribution in [1.82, 2.24) is 4.98 Å². The van der Waals surface area contributed by atoms with Crippen LogP contribution < -0.4 is 4.90 Å². The molecule has 1 N–H and O–H groups in total. The van der Waals surface area contributed by atoms with E-state index in [1.807, 2.05) is 29.2 Å². The van der Waals surface area contributed by atoms with Crippen molar-refractivity contribution in [2.75, 3.05) is 23.8 Å². The molecule has 0 saturated carbocycles. The van der Waals surface area contributed by atoms with Gasteiger partial charge in [-0.3, -0.25) is 4.79 Å². The van der Waals surface area contributed by atoms with Gasteiger partial charge in [-0.05, 0) is 50.6 Å². The number of H-pyrrole nitrogens is 1. The van der Waals surface area contributed by atoms with Gasteiger partial charge < -0.3 is 14.6 Å². The molecule has 6 heteroatoms. The minimum atomic E-state index is -0.389. The number of ether oxygens (including phenoxy) is 1. The predicted octanol–water partition coefficient (Wildman–Crippen LogP) is 3.95. The van der Waals surface area contributed by atoms with Crippen LogP contribution in [0.15, 0.2) is 29.2 Å². The third-order valence-corrected chi connectivity index (χ3v) is 5.46. The number of thioether (sulfide) groups is 1. The zero-order valence-electron chi connectivity index (χ0n) is 14.7. The van der Waals surface area contributed by atoms with Crippen LogP contribution in [0.25, 0.3) is 0 Å². The Kier molecular flexibility index (Phi) is 5.18. The maximum atomic E-state index is 13.2. The smallest absolute Gasteiger partial charge is 0.340 e. The Labute approximate surface area is 151 Å². The van der Waals surface area contributed by atoms with Gasteiger partial charge >= 0.3 is 5.97 Å². The van der Waals surface area contributed by atoms with E-state index in [0.29, 0.717) is 35.7 Å². The minimum absolute atomic E-state index is 0.105. The van der Waals surface area contributed by atoms with Gasteiger partial charge in [0.1, 0.15) is 5.69 Å². The summed E-state index contributed by atoms with van der Waals surface area (Å²) in [6, 6.07) is 7.95. The van der Waals surface area contributed by atoms with Crippen LogP contribution in [0.4, 0.5) is 5.69 Å². The van der Waals surface area contributed by atoms with Crippen molar-refractivity contribution in [3.05, 3.63) is 46.8 Å². The third kappa shape index (κ3) is 3.31. The number of fused-ring (bicyclic) bond motifs is 1. The van der Waals surface area contributed by atoms with Crippen LogP contribution in [0.5, 0.6) is 0 Å². The number of carbonyl (C=O) groups is 2. The number of nitrogens with one attached hydrogen (secondary N) is 1. The zero-order valence-corrected chi connectivity index (χ0v) is 15.5. The van der Waals surface area contributed by atoms with E-state index in [9.17, 15) is 9.59 Å². The maximum absolute atomic E-state index is 13.2. The molecular formula is C19H22N2O3S. The first-order valence-electron chi connectivity index (χ1n) is 8.44. The molecule has 2 aromatic rings. The highest BCUT2D eigenvalue weighted by Gasteiger charge is 2.28. The number of aromatic amines is 1. The van der Waals surface area contributed by atoms with Gasteiger partial charge in [0.05, 0.1) is 17.9 Å². The van der Waals surface area contributed by atoms with Gasteiger partial charge in [-0.1, -0.05) is 12.1 Å². The van der Waals surface area contributed by atoms with Gasteiger partial charge in [0, 0.05) is 17.1 Å². The molecule has 1 aliphatic heterocycles. The molecule has 5 nitrogen and oxygen atoms in total. The molecule has 2 heterocycles. The van der Waals surface area contributed by atoms with Crippen molar-refractivity contribution in [2.24, 2.45) is 0 Å². The summed E-state index contributed by atoms with van der Waals surface area (Å²) in [5, 5.41) is 0. The molecule has 0 bridgehead atoms. The lowest BCUT2D eigenvalue weighted by Gasteiger charge is -2.22. The molecule has 1 aromatic carbocycles. The van der Waals surface area contributed by atoms with Crippen LogP contribution in [0.1, 0.15) is 45.4 Å². The van der Waals surface area contributed by atoms with Crippen LogP contribution in [0, 0.1) is 13.8 Å². The van der Waals surface area contributed by atoms with Gasteiger partial charge in [-0.15, -0.1) is 11.8 Å². The minimum Gasteiger partial charge on any atom is -0.462 e. The molecule has 0 aliphatic carbocycles. The number of carbonyl (C=O) groups excluding carboxylic acids is 2. The van der Waals surface area contributed by atoms with Gasteiger partial charge in [-0.2, -0.15) is 0 Å². The van der Waals surface area contributed by atoms with Crippen LogP contribution in [-0.2, 0) is 4.74 Å². The van der Waals surface area contributed by atoms with Crippen molar-refractivity contribution >= 4 is 29.3 Å². The number of hydrogen-bond acceptors (Lipinski definition) is 4. The quantitative estimate of drug-likeness (QED) is 0.844. The van der Waals surface area contributed by atoms with Crippen LogP contribution >= 0.6 is 11.8 Å². The second-order valence-electron chi connectivity index (χ2n) is 5.97. The topological polar surface area (TPSA) is 62.4 Å². The Morgan fingerprint density at radius 1 is 1.28 bits per heavy atom. The molecule has 0 radical (unpaired) electrons. The van der Waals surface area contributed by atoms with Gasteiger partial charge in [0.15, 0.2) is 0 Å². The van der Waals surface area contributed by atoms with Crippen molar-refractivity contribution in [3.8, 4) is 0 Å². The molecule has 3 rings (SSSR count). The number of nitrogens with zero attached hydrogens (tertiary/aromatic N) is 1. The first-order chi connectivity index (χ1) is 12.0. The Morgan fingerprint density at radius 2 is 2.04 bits per heavy atom. The summed E-state index contributed by atoms with van der Waals surface area (Å²) in [7, 11) is 0. The second kappa shape index (κ2) is 7.35. The predicted molar refractivity (Wildman–Crippen MR) is 99.7 cm³/mol. The summed E-state index contributed by atoms with van der Waals surface area (Å²) in [6.07, 6.45) is 0.925. The molecule has 0 fully saturated rings. The first kappa shape index (κ1) is 17.6. The number of anilines is 1. The van der Waals surface area contributed by atoms with E-state index in [2.05, 4.69) is 4.98 Å². The molecule has 132 valence electrons. The number of esters is 1. The maximum Gasteiger partial charge on any atom is 0.340 e. The number of hydrogen-bond donors (Lipinski definition) is 1. The highest BCUT2D eigenvalue weighted by molar-refractivity contribution is 7.99. The fourth-order valence-corrected chi connectivity index (χ4v) is 4.14. The van der Waals surface area contributed by atoms with E-state index in [1.54, 1.807) is 32.5 Å². The molecule has 25 heavy (non-hydrogen) atoms. The lowest BCUT2D eigenvalue weighted by Crippen LogP contribution is -2.32. The number of para-hydroxylation sites is 1. The monoisotopic (exact) mass is 358 g/mol. The summed E-state index contributed by atoms with van der Waals surface area (Å²) in [5.41, 5.74) is 3.16. The molecule has 0 saturated heterocycles. The number of rotatable bonds is 3. The molecule has 1 aliphatic rings. The summed E-state index contributed by atoms with van der Waals surface area (Å²) >= 11 is 1.77. The number of amides is 1. The number of aromatic nitrogens is 1. The average Bonchev–Trinajstić information content (AvgIpc) is 2.77. The Morgan fingerprint density at radius 3 is 2.80 bits per heavy atom. The highest BCUT2D eigenvalue weighted by Crippen LogP contribution is 2.34. The van der Waals surface area contributed by atoms with Crippen LogP contribution in [0.3, 0.4) is 0 Å². The summed E-state index contributed by atoms with van der Waals surface area (Å²) in [6.45, 7) is 6.33. The standard InChI is InChI=1S/C19H22N2O3S/c1-4-24-19(23)16-12(2)17(20-13(16)3)18(22)21-10-7-11-25-15-9-6-5-8-14(15)21/h5-6,8-9,20H,4,7,10-11H2,1-3H3. The molecule has 1 aromatic heterocycles. The summed E-state index contributed by atoms with van der Waals surface area (Å²) < 4.78 is 5.12. The van der Waals surface area contributed by atoms with Gasteiger partial charge in [-0.25, -0.2) is 4.79 Å². The van der Waals surface area contributed by atoms with Crippen molar-refractivity contribution in [1.29, 1.82) is 0 Å². The fraction of sp³-hybridized carbons (Fsp3) is 0.368. The molecule has 1 amide bonds. The van der Waals surface area contributed by atoms with E-state index in [-0.39, 0.29) is 11.9 Å². The largest absolute Gasteiger partial charge is 0.462 e. The summed E-state index contributed by atoms with van der Waals surface area (Å²) in [4.78, 5) is 31.4. The third-order valence-electron chi connectivity index (χ3n) is 4.32. The van der Waals surface area contributed by atoms with Crippen molar-refractivity contribution < 1.29 is 14.3 Å². The average molecular weight is 358 g/mol. The first-order valence-corrected chi connectivity index (χ1v) is 9.43. The molecule has 0 atom stereocenters. The molecule has 0 spiro atoms. The Hall–Kier alpha value is -2.21. The van der Waals surface area contributed by atoms with Crippen molar-refractivity contribution in [2.45, 2.75) is 32.1 Å². The molecule has 0 unspecified atom stereocenters. The van der Waals surface area contributed by atoms with Crippen molar-refractivity contribution in [3.63, 3.8) is 0 Å². The van der Waals surface area contributed by atoms with E-state index >= 15 is 0 Å². The lowest BCUT2D eigenvalue weighted by atomic mass is 10.1. The Bertz CT molecular complexity index is 813. The van der Waals surface area contributed by atoms with E-state index in [1.165, 1.54) is 0 Å².